The van der Waals surface area contributed by atoms with Crippen LogP contribution in [0.25, 0.3) is 11.0 Å². The minimum absolute atomic E-state index is 0.0563. The van der Waals surface area contributed by atoms with Crippen molar-refractivity contribution in [1.82, 2.24) is 4.90 Å². The van der Waals surface area contributed by atoms with E-state index in [9.17, 15) is 14.7 Å². The summed E-state index contributed by atoms with van der Waals surface area (Å²) in [7, 11) is 1.55. The summed E-state index contributed by atoms with van der Waals surface area (Å²) in [5.41, 5.74) is 2.05. The summed E-state index contributed by atoms with van der Waals surface area (Å²) < 4.78 is 11.0. The van der Waals surface area contributed by atoms with Crippen LogP contribution in [0, 0.1) is 6.92 Å². The molecule has 0 saturated carbocycles. The van der Waals surface area contributed by atoms with Gasteiger partial charge in [0.05, 0.1) is 23.6 Å². The lowest BCUT2D eigenvalue weighted by atomic mass is 9.98. The van der Waals surface area contributed by atoms with E-state index in [0.29, 0.717) is 35.2 Å². The van der Waals surface area contributed by atoms with Crippen molar-refractivity contribution in [3.8, 4) is 5.75 Å². The lowest BCUT2D eigenvalue weighted by Crippen LogP contribution is -2.32. The smallest absolute Gasteiger partial charge is 0.290 e. The molecule has 2 heterocycles. The van der Waals surface area contributed by atoms with E-state index in [2.05, 4.69) is 0 Å². The normalized spacial score (nSPS) is 16.1. The third-order valence-electron chi connectivity index (χ3n) is 4.84. The Morgan fingerprint density at radius 1 is 1.19 bits per heavy atom. The van der Waals surface area contributed by atoms with Crippen LogP contribution in [0.15, 0.2) is 51.7 Å². The van der Waals surface area contributed by atoms with Crippen LogP contribution in [0.2, 0.25) is 0 Å². The van der Waals surface area contributed by atoms with Gasteiger partial charge in [-0.15, -0.1) is 0 Å². The molecule has 0 bridgehead atoms. The molecule has 3 aromatic rings. The summed E-state index contributed by atoms with van der Waals surface area (Å²) >= 11 is 0. The minimum atomic E-state index is -0.629. The number of carbonyl (C=O) groups excluding carboxylic acids is 1. The van der Waals surface area contributed by atoms with E-state index in [0.717, 1.165) is 5.56 Å². The first-order chi connectivity index (χ1) is 13.0. The molecule has 6 nitrogen and oxygen atoms in total. The van der Waals surface area contributed by atoms with Crippen LogP contribution in [0.5, 0.6) is 5.75 Å². The highest BCUT2D eigenvalue weighted by atomic mass is 16.5. The molecule has 0 radical (unpaired) electrons. The molecular weight excluding hydrogens is 346 g/mol. The Bertz CT molecular complexity index is 1100. The van der Waals surface area contributed by atoms with E-state index in [1.165, 1.54) is 0 Å². The van der Waals surface area contributed by atoms with E-state index in [1.807, 2.05) is 13.0 Å². The van der Waals surface area contributed by atoms with E-state index < -0.39 is 6.04 Å². The Hall–Kier alpha value is -3.12. The highest BCUT2D eigenvalue weighted by Gasteiger charge is 2.42. The first-order valence-electron chi connectivity index (χ1n) is 8.67. The van der Waals surface area contributed by atoms with Gasteiger partial charge in [-0.2, -0.15) is 0 Å². The van der Waals surface area contributed by atoms with Crippen LogP contribution in [0.4, 0.5) is 0 Å². The maximum Gasteiger partial charge on any atom is 0.290 e. The largest absolute Gasteiger partial charge is 0.508 e. The molecule has 1 aliphatic rings. The second-order valence-electron chi connectivity index (χ2n) is 6.66. The van der Waals surface area contributed by atoms with Crippen LogP contribution in [0.3, 0.4) is 0 Å². The van der Waals surface area contributed by atoms with Gasteiger partial charge >= 0.3 is 0 Å². The molecule has 0 spiro atoms. The number of hydrogen-bond acceptors (Lipinski definition) is 5. The molecule has 4 rings (SSSR count). The molecule has 1 aromatic heterocycles. The number of fused-ring (bicyclic) bond motifs is 2. The zero-order valence-electron chi connectivity index (χ0n) is 15.1. The number of aryl methyl sites for hydroxylation is 1. The molecule has 2 aromatic carbocycles. The van der Waals surface area contributed by atoms with Crippen molar-refractivity contribution in [2.24, 2.45) is 0 Å². The number of ether oxygens (including phenoxy) is 1. The average Bonchev–Trinajstić information content (AvgIpc) is 2.93. The number of methoxy groups -OCH3 is 1. The van der Waals surface area contributed by atoms with Gasteiger partial charge in [-0.25, -0.2) is 0 Å². The highest BCUT2D eigenvalue weighted by molar-refractivity contribution is 5.99. The fraction of sp³-hybridized carbons (Fsp3) is 0.238. The Morgan fingerprint density at radius 2 is 2.00 bits per heavy atom. The summed E-state index contributed by atoms with van der Waals surface area (Å²) in [5.74, 6) is -0.225. The van der Waals surface area contributed by atoms with E-state index in [-0.39, 0.29) is 22.8 Å². The summed E-state index contributed by atoms with van der Waals surface area (Å²) in [6.07, 6.45) is 0. The van der Waals surface area contributed by atoms with Gasteiger partial charge in [0.15, 0.2) is 5.43 Å². The zero-order chi connectivity index (χ0) is 19.1. The van der Waals surface area contributed by atoms with Gasteiger partial charge in [0.25, 0.3) is 5.91 Å². The van der Waals surface area contributed by atoms with Crippen LogP contribution >= 0.6 is 0 Å². The van der Waals surface area contributed by atoms with E-state index in [4.69, 9.17) is 9.15 Å². The fourth-order valence-corrected chi connectivity index (χ4v) is 3.60. The van der Waals surface area contributed by atoms with Gasteiger partial charge in [-0.05, 0) is 36.8 Å². The molecule has 0 unspecified atom stereocenters. The molecule has 0 aliphatic carbocycles. The van der Waals surface area contributed by atoms with E-state index >= 15 is 0 Å². The first-order valence-corrected chi connectivity index (χ1v) is 8.67. The molecule has 1 amide bonds. The first kappa shape index (κ1) is 17.3. The van der Waals surface area contributed by atoms with Crippen LogP contribution in [-0.4, -0.2) is 36.2 Å². The van der Waals surface area contributed by atoms with Crippen molar-refractivity contribution in [1.29, 1.82) is 0 Å². The lowest BCUT2D eigenvalue weighted by Gasteiger charge is -2.24. The average molecular weight is 365 g/mol. The van der Waals surface area contributed by atoms with Crippen LogP contribution in [0.1, 0.15) is 33.3 Å². The van der Waals surface area contributed by atoms with Crippen molar-refractivity contribution in [2.45, 2.75) is 13.0 Å². The van der Waals surface area contributed by atoms with Gasteiger partial charge in [0, 0.05) is 13.7 Å². The van der Waals surface area contributed by atoms with Gasteiger partial charge in [0.1, 0.15) is 11.3 Å². The van der Waals surface area contributed by atoms with Crippen molar-refractivity contribution in [3.05, 3.63) is 75.1 Å². The SMILES string of the molecule is COCCN1C(=O)c2oc3ccc(C)cc3c(=O)c2[C@H]1c1cccc(O)c1. The van der Waals surface area contributed by atoms with Crippen molar-refractivity contribution in [2.75, 3.05) is 20.3 Å². The molecule has 27 heavy (non-hydrogen) atoms. The molecule has 1 atom stereocenters. The van der Waals surface area contributed by atoms with Gasteiger partial charge in [-0.3, -0.25) is 9.59 Å². The highest BCUT2D eigenvalue weighted by Crippen LogP contribution is 2.38. The summed E-state index contributed by atoms with van der Waals surface area (Å²) in [6.45, 7) is 2.52. The monoisotopic (exact) mass is 365 g/mol. The van der Waals surface area contributed by atoms with Crippen LogP contribution in [-0.2, 0) is 4.74 Å². The number of phenolic OH excluding ortho intramolecular Hbond substituents is 1. The fourth-order valence-electron chi connectivity index (χ4n) is 3.60. The number of amides is 1. The molecule has 6 heteroatoms. The van der Waals surface area contributed by atoms with Gasteiger partial charge < -0.3 is 19.2 Å². The van der Waals surface area contributed by atoms with Gasteiger partial charge in [-0.1, -0.05) is 23.8 Å². The Balaban J connectivity index is 1.99. The third-order valence-corrected chi connectivity index (χ3v) is 4.84. The minimum Gasteiger partial charge on any atom is -0.508 e. The molecule has 1 aliphatic heterocycles. The Morgan fingerprint density at radius 3 is 2.74 bits per heavy atom. The maximum absolute atomic E-state index is 13.3. The van der Waals surface area contributed by atoms with E-state index in [1.54, 1.807) is 48.4 Å². The topological polar surface area (TPSA) is 80.0 Å². The van der Waals surface area contributed by atoms with Crippen LogP contribution < -0.4 is 5.43 Å². The summed E-state index contributed by atoms with van der Waals surface area (Å²) in [4.78, 5) is 27.8. The number of hydrogen-bond donors (Lipinski definition) is 1. The maximum atomic E-state index is 13.3. The van der Waals surface area contributed by atoms with Crippen molar-refractivity contribution in [3.63, 3.8) is 0 Å². The quantitative estimate of drug-likeness (QED) is 0.769. The molecule has 138 valence electrons. The molecule has 1 N–H and O–H groups in total. The second-order valence-corrected chi connectivity index (χ2v) is 6.66. The Kier molecular flexibility index (Phi) is 4.20. The summed E-state index contributed by atoms with van der Waals surface area (Å²) in [6, 6.07) is 11.3. The predicted molar refractivity (Wildman–Crippen MR) is 100 cm³/mol. The Labute approximate surface area is 155 Å². The summed E-state index contributed by atoms with van der Waals surface area (Å²) in [5, 5.41) is 10.3. The number of phenols is 1. The van der Waals surface area contributed by atoms with Crippen molar-refractivity contribution >= 4 is 16.9 Å². The zero-order valence-corrected chi connectivity index (χ0v) is 15.1. The number of nitrogens with zero attached hydrogens (tertiary/aromatic N) is 1. The third kappa shape index (κ3) is 2.78. The number of carbonyl (C=O) groups is 1. The lowest BCUT2D eigenvalue weighted by molar-refractivity contribution is 0.0663. The van der Waals surface area contributed by atoms with Crippen molar-refractivity contribution < 1.29 is 19.1 Å². The number of benzene rings is 2. The molecule has 0 fully saturated rings. The number of rotatable bonds is 4. The standard InChI is InChI=1S/C21H19NO5/c1-12-6-7-16-15(10-12)19(24)17-18(13-4-3-5-14(23)11-13)22(8-9-26-2)21(25)20(17)27-16/h3-7,10-11,18,23H,8-9H2,1-2H3/t18-/m1/s1. The predicted octanol–water partition coefficient (Wildman–Crippen LogP) is 3.00. The van der Waals surface area contributed by atoms with Gasteiger partial charge in [0.2, 0.25) is 5.76 Å². The number of aromatic hydroxyl groups is 1. The molecular formula is C21H19NO5. The second kappa shape index (κ2) is 6.55. The molecule has 0 saturated heterocycles.